The Labute approximate surface area is 106 Å². The van der Waals surface area contributed by atoms with Crippen molar-refractivity contribution >= 4 is 21.8 Å². The van der Waals surface area contributed by atoms with Gasteiger partial charge in [0, 0.05) is 19.1 Å². The summed E-state index contributed by atoms with van der Waals surface area (Å²) in [6.07, 6.45) is 6.00. The molecule has 3 nitrogen and oxygen atoms in total. The van der Waals surface area contributed by atoms with Gasteiger partial charge in [0.15, 0.2) is 0 Å². The van der Waals surface area contributed by atoms with Crippen LogP contribution in [0.4, 0.5) is 0 Å². The zero-order chi connectivity index (χ0) is 11.5. The summed E-state index contributed by atoms with van der Waals surface area (Å²) in [4.78, 5) is 16.5. The van der Waals surface area contributed by atoms with E-state index >= 15 is 0 Å². The standard InChI is InChI=1S/C12H21BrN2O/c1-14-7-3-2-5-10(14)9-15-8-4-6-11(13)12(15)16/h10-11H,2-9H2,1H3. The van der Waals surface area contributed by atoms with Crippen LogP contribution in [0.3, 0.4) is 0 Å². The van der Waals surface area contributed by atoms with Gasteiger partial charge in [-0.25, -0.2) is 0 Å². The number of carbonyl (C=O) groups excluding carboxylic acids is 1. The number of piperidine rings is 2. The number of hydrogen-bond donors (Lipinski definition) is 0. The van der Waals surface area contributed by atoms with E-state index in [4.69, 9.17) is 0 Å². The summed E-state index contributed by atoms with van der Waals surface area (Å²) in [6.45, 7) is 3.06. The van der Waals surface area contributed by atoms with Gasteiger partial charge in [-0.05, 0) is 39.3 Å². The lowest BCUT2D eigenvalue weighted by Crippen LogP contribution is -2.50. The number of likely N-dealkylation sites (tertiary alicyclic amines) is 2. The van der Waals surface area contributed by atoms with Gasteiger partial charge in [-0.2, -0.15) is 0 Å². The monoisotopic (exact) mass is 288 g/mol. The van der Waals surface area contributed by atoms with Crippen LogP contribution in [0.2, 0.25) is 0 Å². The summed E-state index contributed by atoms with van der Waals surface area (Å²) in [5, 5.41) is 0. The molecule has 2 fully saturated rings. The van der Waals surface area contributed by atoms with Gasteiger partial charge >= 0.3 is 0 Å². The lowest BCUT2D eigenvalue weighted by atomic mass is 10.0. The second kappa shape index (κ2) is 5.50. The zero-order valence-electron chi connectivity index (χ0n) is 9.99. The minimum absolute atomic E-state index is 0.0650. The van der Waals surface area contributed by atoms with Gasteiger partial charge in [-0.3, -0.25) is 4.79 Å². The van der Waals surface area contributed by atoms with Crippen molar-refractivity contribution in [2.24, 2.45) is 0 Å². The van der Waals surface area contributed by atoms with Crippen LogP contribution >= 0.6 is 15.9 Å². The number of rotatable bonds is 2. The van der Waals surface area contributed by atoms with Crippen LogP contribution in [0, 0.1) is 0 Å². The molecule has 0 N–H and O–H groups in total. The van der Waals surface area contributed by atoms with E-state index in [1.165, 1.54) is 25.8 Å². The third-order valence-electron chi connectivity index (χ3n) is 3.82. The molecule has 2 rings (SSSR count). The van der Waals surface area contributed by atoms with E-state index in [0.717, 1.165) is 25.9 Å². The molecule has 2 unspecified atom stereocenters. The van der Waals surface area contributed by atoms with Crippen molar-refractivity contribution in [1.29, 1.82) is 0 Å². The molecule has 4 heteroatoms. The molecule has 0 spiro atoms. The minimum Gasteiger partial charge on any atom is -0.340 e. The SMILES string of the molecule is CN1CCCCC1CN1CCCC(Br)C1=O. The van der Waals surface area contributed by atoms with Crippen molar-refractivity contribution in [1.82, 2.24) is 9.80 Å². The number of halogens is 1. The van der Waals surface area contributed by atoms with E-state index < -0.39 is 0 Å². The summed E-state index contributed by atoms with van der Waals surface area (Å²) in [5.41, 5.74) is 0. The molecule has 0 aliphatic carbocycles. The first-order valence-corrected chi connectivity index (χ1v) is 7.23. The molecule has 0 aromatic carbocycles. The number of hydrogen-bond acceptors (Lipinski definition) is 2. The highest BCUT2D eigenvalue weighted by Gasteiger charge is 2.29. The number of likely N-dealkylation sites (N-methyl/N-ethyl adjacent to an activating group) is 1. The second-order valence-corrected chi connectivity index (χ2v) is 6.13. The smallest absolute Gasteiger partial charge is 0.236 e. The molecule has 0 aromatic heterocycles. The minimum atomic E-state index is 0.0650. The Kier molecular flexibility index (Phi) is 4.25. The van der Waals surface area contributed by atoms with Crippen LogP contribution < -0.4 is 0 Å². The van der Waals surface area contributed by atoms with Crippen LogP contribution in [0.15, 0.2) is 0 Å². The molecule has 92 valence electrons. The summed E-state index contributed by atoms with van der Waals surface area (Å²) < 4.78 is 0. The highest BCUT2D eigenvalue weighted by molar-refractivity contribution is 9.10. The van der Waals surface area contributed by atoms with Crippen LogP contribution in [-0.4, -0.2) is 53.3 Å². The Morgan fingerprint density at radius 1 is 1.25 bits per heavy atom. The van der Waals surface area contributed by atoms with Gasteiger partial charge in [-0.1, -0.05) is 22.4 Å². The maximum Gasteiger partial charge on any atom is 0.236 e. The Balaban J connectivity index is 1.90. The largest absolute Gasteiger partial charge is 0.340 e. The molecule has 0 radical (unpaired) electrons. The van der Waals surface area contributed by atoms with Crippen LogP contribution in [-0.2, 0) is 4.79 Å². The summed E-state index contributed by atoms with van der Waals surface area (Å²) >= 11 is 3.47. The molecule has 0 aromatic rings. The summed E-state index contributed by atoms with van der Waals surface area (Å²) in [5.74, 6) is 0.297. The fraction of sp³-hybridized carbons (Fsp3) is 0.917. The molecule has 2 saturated heterocycles. The fourth-order valence-electron chi connectivity index (χ4n) is 2.70. The molecule has 2 heterocycles. The predicted octanol–water partition coefficient (Wildman–Crippen LogP) is 1.86. The average molecular weight is 289 g/mol. The maximum absolute atomic E-state index is 12.0. The zero-order valence-corrected chi connectivity index (χ0v) is 11.6. The van der Waals surface area contributed by atoms with E-state index in [-0.39, 0.29) is 4.83 Å². The van der Waals surface area contributed by atoms with Crippen LogP contribution in [0.5, 0.6) is 0 Å². The number of nitrogens with zero attached hydrogens (tertiary/aromatic N) is 2. The highest BCUT2D eigenvalue weighted by Crippen LogP contribution is 2.21. The van der Waals surface area contributed by atoms with Crippen molar-refractivity contribution in [2.75, 3.05) is 26.7 Å². The van der Waals surface area contributed by atoms with Crippen molar-refractivity contribution in [3.05, 3.63) is 0 Å². The maximum atomic E-state index is 12.0. The van der Waals surface area contributed by atoms with Crippen LogP contribution in [0.1, 0.15) is 32.1 Å². The summed E-state index contributed by atoms with van der Waals surface area (Å²) in [6, 6.07) is 0.579. The van der Waals surface area contributed by atoms with Crippen LogP contribution in [0.25, 0.3) is 0 Å². The molecule has 1 amide bonds. The first kappa shape index (κ1) is 12.4. The van der Waals surface area contributed by atoms with Gasteiger partial charge in [0.1, 0.15) is 0 Å². The first-order chi connectivity index (χ1) is 7.68. The van der Waals surface area contributed by atoms with Crippen molar-refractivity contribution in [3.63, 3.8) is 0 Å². The van der Waals surface area contributed by atoms with Gasteiger partial charge in [0.05, 0.1) is 4.83 Å². The fourth-order valence-corrected chi connectivity index (χ4v) is 3.32. The number of carbonyl (C=O) groups is 1. The van der Waals surface area contributed by atoms with Gasteiger partial charge < -0.3 is 9.80 Å². The van der Waals surface area contributed by atoms with Crippen molar-refractivity contribution < 1.29 is 4.79 Å². The predicted molar refractivity (Wildman–Crippen MR) is 68.8 cm³/mol. The highest BCUT2D eigenvalue weighted by atomic mass is 79.9. The van der Waals surface area contributed by atoms with Gasteiger partial charge in [0.25, 0.3) is 0 Å². The lowest BCUT2D eigenvalue weighted by molar-refractivity contribution is -0.133. The van der Waals surface area contributed by atoms with E-state index in [1.54, 1.807) is 0 Å². The van der Waals surface area contributed by atoms with Gasteiger partial charge in [-0.15, -0.1) is 0 Å². The van der Waals surface area contributed by atoms with Crippen molar-refractivity contribution in [2.45, 2.75) is 43.0 Å². The molecule has 0 bridgehead atoms. The number of alkyl halides is 1. The molecular formula is C12H21BrN2O. The van der Waals surface area contributed by atoms with Crippen molar-refractivity contribution in [3.8, 4) is 0 Å². The van der Waals surface area contributed by atoms with E-state index in [0.29, 0.717) is 11.9 Å². The molecule has 2 atom stereocenters. The van der Waals surface area contributed by atoms with E-state index in [1.807, 2.05) is 0 Å². The topological polar surface area (TPSA) is 23.6 Å². The third-order valence-corrected chi connectivity index (χ3v) is 4.67. The van der Waals surface area contributed by atoms with E-state index in [2.05, 4.69) is 32.8 Å². The normalized spacial score (nSPS) is 33.1. The number of amides is 1. The molecule has 2 aliphatic heterocycles. The molecule has 0 saturated carbocycles. The average Bonchev–Trinajstić information content (AvgIpc) is 2.28. The van der Waals surface area contributed by atoms with Gasteiger partial charge in [0.2, 0.25) is 5.91 Å². The molecule has 2 aliphatic rings. The Morgan fingerprint density at radius 3 is 2.81 bits per heavy atom. The van der Waals surface area contributed by atoms with E-state index in [9.17, 15) is 4.79 Å². The first-order valence-electron chi connectivity index (χ1n) is 6.31. The lowest BCUT2D eigenvalue weighted by Gasteiger charge is -2.38. The Morgan fingerprint density at radius 2 is 2.06 bits per heavy atom. The third kappa shape index (κ3) is 2.77. The molecule has 16 heavy (non-hydrogen) atoms. The Bertz CT molecular complexity index is 259. The molecular weight excluding hydrogens is 268 g/mol. The quantitative estimate of drug-likeness (QED) is 0.724. The summed E-state index contributed by atoms with van der Waals surface area (Å²) in [7, 11) is 2.18. The Hall–Kier alpha value is -0.0900. The second-order valence-electron chi connectivity index (χ2n) is 5.02.